The van der Waals surface area contributed by atoms with Crippen LogP contribution in [0.4, 0.5) is 0 Å². The molecular formula is C17H25N5O3S. The third-order valence-corrected chi connectivity index (χ3v) is 6.49. The number of nitrogens with zero attached hydrogens (tertiary/aromatic N) is 4. The van der Waals surface area contributed by atoms with E-state index in [1.54, 1.807) is 40.3 Å². The zero-order valence-corrected chi connectivity index (χ0v) is 15.9. The van der Waals surface area contributed by atoms with Crippen molar-refractivity contribution in [1.29, 1.82) is 0 Å². The summed E-state index contributed by atoms with van der Waals surface area (Å²) in [5.74, 6) is 1.65. The Labute approximate surface area is 154 Å². The molecular weight excluding hydrogens is 354 g/mol. The lowest BCUT2D eigenvalue weighted by Crippen LogP contribution is -2.42. The topological polar surface area (TPSA) is 89.3 Å². The zero-order chi connectivity index (χ0) is 18.6. The number of aryl methyl sites for hydroxylation is 1. The predicted molar refractivity (Wildman–Crippen MR) is 97.2 cm³/mol. The van der Waals surface area contributed by atoms with E-state index in [4.69, 9.17) is 4.74 Å². The Hall–Kier alpha value is -1.97. The van der Waals surface area contributed by atoms with E-state index in [-0.39, 0.29) is 6.61 Å². The number of hydrogen-bond acceptors (Lipinski definition) is 6. The zero-order valence-electron chi connectivity index (χ0n) is 15.1. The van der Waals surface area contributed by atoms with Crippen LogP contribution in [-0.4, -0.2) is 54.2 Å². The van der Waals surface area contributed by atoms with Gasteiger partial charge in [0.05, 0.1) is 4.90 Å². The minimum Gasteiger partial charge on any atom is -0.486 e. The summed E-state index contributed by atoms with van der Waals surface area (Å²) in [5, 5.41) is 7.12. The maximum atomic E-state index is 12.9. The fourth-order valence-corrected chi connectivity index (χ4v) is 4.71. The van der Waals surface area contributed by atoms with E-state index in [0.717, 1.165) is 19.4 Å². The van der Waals surface area contributed by atoms with Crippen LogP contribution in [0.1, 0.15) is 18.7 Å². The third kappa shape index (κ3) is 4.22. The summed E-state index contributed by atoms with van der Waals surface area (Å²) < 4.78 is 34.6. The van der Waals surface area contributed by atoms with Crippen LogP contribution in [0.2, 0.25) is 0 Å². The van der Waals surface area contributed by atoms with Gasteiger partial charge in [0, 0.05) is 20.1 Å². The summed E-state index contributed by atoms with van der Waals surface area (Å²) in [5.41, 5.74) is 0. The van der Waals surface area contributed by atoms with E-state index in [0.29, 0.717) is 35.5 Å². The molecule has 2 aromatic rings. The molecule has 3 rings (SSSR count). The van der Waals surface area contributed by atoms with Crippen LogP contribution in [0.3, 0.4) is 0 Å². The van der Waals surface area contributed by atoms with Gasteiger partial charge in [0.15, 0.2) is 5.82 Å². The molecule has 142 valence electrons. The fraction of sp³-hybridized carbons (Fsp3) is 0.529. The Bertz CT molecular complexity index is 817. The standard InChI is InChI=1S/C17H25N5O3S/c1-18-10-14-4-3-9-22(11-14)26(23,24)16-7-5-15(6-8-16)25-12-17-19-13-20-21(17)2/h5-8,13-14,18H,3-4,9-12H2,1-2H3. The van der Waals surface area contributed by atoms with Crippen LogP contribution in [-0.2, 0) is 23.7 Å². The second-order valence-electron chi connectivity index (χ2n) is 6.49. The maximum Gasteiger partial charge on any atom is 0.243 e. The normalized spacial score (nSPS) is 18.8. The van der Waals surface area contributed by atoms with Crippen molar-refractivity contribution in [2.24, 2.45) is 13.0 Å². The minimum absolute atomic E-state index is 0.278. The number of hydrogen-bond donors (Lipinski definition) is 1. The number of rotatable bonds is 7. The predicted octanol–water partition coefficient (Wildman–Crippen LogP) is 1.01. The number of aromatic nitrogens is 3. The van der Waals surface area contributed by atoms with Gasteiger partial charge in [0.1, 0.15) is 18.7 Å². The van der Waals surface area contributed by atoms with Crippen LogP contribution < -0.4 is 10.1 Å². The van der Waals surface area contributed by atoms with Gasteiger partial charge in [-0.25, -0.2) is 13.4 Å². The van der Waals surface area contributed by atoms with Crippen molar-refractivity contribution in [3.8, 4) is 5.75 Å². The van der Waals surface area contributed by atoms with E-state index in [1.807, 2.05) is 7.05 Å². The highest BCUT2D eigenvalue weighted by molar-refractivity contribution is 7.89. The Morgan fingerprint density at radius 3 is 2.73 bits per heavy atom. The molecule has 26 heavy (non-hydrogen) atoms. The second kappa shape index (κ2) is 8.15. The van der Waals surface area contributed by atoms with Gasteiger partial charge in [-0.2, -0.15) is 9.40 Å². The molecule has 1 saturated heterocycles. The molecule has 2 heterocycles. The van der Waals surface area contributed by atoms with E-state index < -0.39 is 10.0 Å². The van der Waals surface area contributed by atoms with Gasteiger partial charge in [-0.05, 0) is 56.6 Å². The van der Waals surface area contributed by atoms with E-state index in [1.165, 1.54) is 6.33 Å². The Balaban J connectivity index is 1.66. The summed E-state index contributed by atoms with van der Waals surface area (Å²) >= 11 is 0. The smallest absolute Gasteiger partial charge is 0.243 e. The van der Waals surface area contributed by atoms with Crippen LogP contribution in [0.25, 0.3) is 0 Å². The van der Waals surface area contributed by atoms with Gasteiger partial charge in [-0.1, -0.05) is 0 Å². The van der Waals surface area contributed by atoms with Crippen molar-refractivity contribution < 1.29 is 13.2 Å². The van der Waals surface area contributed by atoms with Crippen molar-refractivity contribution >= 4 is 10.0 Å². The number of ether oxygens (including phenoxy) is 1. The highest BCUT2D eigenvalue weighted by Crippen LogP contribution is 2.25. The summed E-state index contributed by atoms with van der Waals surface area (Å²) in [4.78, 5) is 4.39. The van der Waals surface area contributed by atoms with Gasteiger partial charge in [0.2, 0.25) is 10.0 Å². The first-order valence-electron chi connectivity index (χ1n) is 8.71. The molecule has 8 nitrogen and oxygen atoms in total. The molecule has 1 atom stereocenters. The van der Waals surface area contributed by atoms with Crippen molar-refractivity contribution in [2.75, 3.05) is 26.7 Å². The summed E-state index contributed by atoms with van der Waals surface area (Å²) in [7, 11) is 0.218. The SMILES string of the molecule is CNCC1CCCN(S(=O)(=O)c2ccc(OCc3ncnn3C)cc2)C1. The molecule has 0 saturated carbocycles. The molecule has 1 aromatic heterocycles. The largest absolute Gasteiger partial charge is 0.486 e. The first-order chi connectivity index (χ1) is 12.5. The third-order valence-electron chi connectivity index (χ3n) is 4.61. The highest BCUT2D eigenvalue weighted by atomic mass is 32.2. The van der Waals surface area contributed by atoms with Gasteiger partial charge >= 0.3 is 0 Å². The molecule has 1 aliphatic rings. The minimum atomic E-state index is -3.47. The summed E-state index contributed by atoms with van der Waals surface area (Å²) in [6.45, 7) is 2.25. The fourth-order valence-electron chi connectivity index (χ4n) is 3.16. The summed E-state index contributed by atoms with van der Waals surface area (Å²) in [6.07, 6.45) is 3.42. The Kier molecular flexibility index (Phi) is 5.90. The van der Waals surface area contributed by atoms with Crippen molar-refractivity contribution in [2.45, 2.75) is 24.3 Å². The van der Waals surface area contributed by atoms with Gasteiger partial charge < -0.3 is 10.1 Å². The molecule has 1 aliphatic heterocycles. The maximum absolute atomic E-state index is 12.9. The van der Waals surface area contributed by atoms with E-state index >= 15 is 0 Å². The molecule has 0 amide bonds. The molecule has 1 unspecified atom stereocenters. The van der Waals surface area contributed by atoms with Crippen molar-refractivity contribution in [1.82, 2.24) is 24.4 Å². The molecule has 0 aliphatic carbocycles. The van der Waals surface area contributed by atoms with Crippen molar-refractivity contribution in [3.63, 3.8) is 0 Å². The summed E-state index contributed by atoms with van der Waals surface area (Å²) in [6, 6.07) is 6.56. The number of nitrogens with one attached hydrogen (secondary N) is 1. The molecule has 1 aromatic carbocycles. The average molecular weight is 379 g/mol. The number of benzene rings is 1. The first kappa shape index (κ1) is 18.8. The van der Waals surface area contributed by atoms with Gasteiger partial charge in [-0.3, -0.25) is 4.68 Å². The Morgan fingerprint density at radius 1 is 1.31 bits per heavy atom. The van der Waals surface area contributed by atoms with Crippen LogP contribution in [0.15, 0.2) is 35.5 Å². The van der Waals surface area contributed by atoms with E-state index in [2.05, 4.69) is 15.4 Å². The molecule has 0 spiro atoms. The molecule has 1 fully saturated rings. The lowest BCUT2D eigenvalue weighted by atomic mass is 10.00. The van der Waals surface area contributed by atoms with Gasteiger partial charge in [-0.15, -0.1) is 0 Å². The highest BCUT2D eigenvalue weighted by Gasteiger charge is 2.29. The molecule has 0 bridgehead atoms. The first-order valence-corrected chi connectivity index (χ1v) is 10.1. The van der Waals surface area contributed by atoms with Crippen LogP contribution in [0, 0.1) is 5.92 Å². The lowest BCUT2D eigenvalue weighted by molar-refractivity contribution is 0.263. The lowest BCUT2D eigenvalue weighted by Gasteiger charge is -2.31. The Morgan fingerprint density at radius 2 is 2.08 bits per heavy atom. The van der Waals surface area contributed by atoms with Crippen LogP contribution >= 0.6 is 0 Å². The monoisotopic (exact) mass is 379 g/mol. The van der Waals surface area contributed by atoms with E-state index in [9.17, 15) is 8.42 Å². The second-order valence-corrected chi connectivity index (χ2v) is 8.43. The average Bonchev–Trinajstić information content (AvgIpc) is 3.06. The number of piperidine rings is 1. The molecule has 9 heteroatoms. The van der Waals surface area contributed by atoms with Gasteiger partial charge in [0.25, 0.3) is 0 Å². The quantitative estimate of drug-likeness (QED) is 0.772. The molecule has 0 radical (unpaired) electrons. The molecule has 1 N–H and O–H groups in total. The number of sulfonamides is 1. The van der Waals surface area contributed by atoms with Crippen LogP contribution in [0.5, 0.6) is 5.75 Å². The van der Waals surface area contributed by atoms with Crippen molar-refractivity contribution in [3.05, 3.63) is 36.4 Å².